The summed E-state index contributed by atoms with van der Waals surface area (Å²) in [4.78, 5) is 14.3. The minimum Gasteiger partial charge on any atom is -0.372 e. The molecule has 1 aromatic rings. The van der Waals surface area contributed by atoms with Crippen molar-refractivity contribution in [2.24, 2.45) is 0 Å². The fourth-order valence-corrected chi connectivity index (χ4v) is 3.64. The molecule has 1 aromatic carbocycles. The maximum absolute atomic E-state index is 12.0. The zero-order valence-corrected chi connectivity index (χ0v) is 16.8. The summed E-state index contributed by atoms with van der Waals surface area (Å²) in [5.41, 5.74) is 1.97. The summed E-state index contributed by atoms with van der Waals surface area (Å²) < 4.78 is 19.9. The highest BCUT2D eigenvalue weighted by Gasteiger charge is 2.22. The number of nitrogens with zero attached hydrogens (tertiary/aromatic N) is 1. The van der Waals surface area contributed by atoms with Crippen molar-refractivity contribution in [1.29, 1.82) is 0 Å². The maximum atomic E-state index is 12.0. The molecule has 0 aromatic heterocycles. The highest BCUT2D eigenvalue weighted by molar-refractivity contribution is 7.82. The van der Waals surface area contributed by atoms with Crippen LogP contribution in [0.5, 0.6) is 0 Å². The zero-order chi connectivity index (χ0) is 18.9. The summed E-state index contributed by atoms with van der Waals surface area (Å²) >= 11 is 0. The predicted octanol–water partition coefficient (Wildman–Crippen LogP) is 2.68. The molecule has 1 saturated heterocycles. The van der Waals surface area contributed by atoms with E-state index >= 15 is 0 Å². The summed E-state index contributed by atoms with van der Waals surface area (Å²) in [5.74, 6) is 0.627. The SMILES string of the molecule is CCS(=O)NCCCCC(=O)Nc1ccc(N2C[C@@H](C)O[C@@H](C)C2)cc1. The van der Waals surface area contributed by atoms with Gasteiger partial charge in [0, 0.05) is 43.2 Å². The summed E-state index contributed by atoms with van der Waals surface area (Å²) in [6.45, 7) is 8.50. The van der Waals surface area contributed by atoms with Crippen molar-refractivity contribution >= 4 is 28.3 Å². The monoisotopic (exact) mass is 381 g/mol. The molecule has 6 nitrogen and oxygen atoms in total. The minimum atomic E-state index is -0.944. The number of carbonyl (C=O) groups is 1. The minimum absolute atomic E-state index is 0.0166. The van der Waals surface area contributed by atoms with Gasteiger partial charge in [0.1, 0.15) is 0 Å². The smallest absolute Gasteiger partial charge is 0.224 e. The van der Waals surface area contributed by atoms with Gasteiger partial charge in [-0.15, -0.1) is 0 Å². The molecule has 0 saturated carbocycles. The molecule has 2 N–H and O–H groups in total. The Bertz CT molecular complexity index is 584. The van der Waals surface area contributed by atoms with Crippen LogP contribution in [0.1, 0.15) is 40.0 Å². The van der Waals surface area contributed by atoms with Gasteiger partial charge in [-0.3, -0.25) is 4.79 Å². The first-order valence-electron chi connectivity index (χ1n) is 9.40. The molecule has 1 aliphatic heterocycles. The Morgan fingerprint density at radius 2 is 1.85 bits per heavy atom. The largest absolute Gasteiger partial charge is 0.372 e. The number of benzene rings is 1. The van der Waals surface area contributed by atoms with Crippen LogP contribution in [-0.4, -0.2) is 47.7 Å². The molecule has 1 amide bonds. The fraction of sp³-hybridized carbons (Fsp3) is 0.632. The van der Waals surface area contributed by atoms with Crippen molar-refractivity contribution in [1.82, 2.24) is 4.72 Å². The lowest BCUT2D eigenvalue weighted by Gasteiger charge is -2.36. The Hall–Kier alpha value is -1.44. The molecule has 2 rings (SSSR count). The molecule has 146 valence electrons. The standard InChI is InChI=1S/C19H31N3O3S/c1-4-26(24)20-12-6-5-7-19(23)21-17-8-10-18(11-9-17)22-13-15(2)25-16(3)14-22/h8-11,15-16,20H,4-7,12-14H2,1-3H3,(H,21,23)/t15-,16+,26?. The Morgan fingerprint density at radius 3 is 2.46 bits per heavy atom. The van der Waals surface area contributed by atoms with Crippen molar-refractivity contribution in [2.75, 3.05) is 35.6 Å². The molecule has 1 unspecified atom stereocenters. The lowest BCUT2D eigenvalue weighted by Crippen LogP contribution is -2.45. The number of anilines is 2. The topological polar surface area (TPSA) is 70.7 Å². The number of nitrogens with one attached hydrogen (secondary N) is 2. The van der Waals surface area contributed by atoms with Crippen molar-refractivity contribution < 1.29 is 13.7 Å². The first-order chi connectivity index (χ1) is 12.5. The normalized spacial score (nSPS) is 21.4. The third-order valence-corrected chi connectivity index (χ3v) is 5.34. The lowest BCUT2D eigenvalue weighted by molar-refractivity contribution is -0.116. The van der Waals surface area contributed by atoms with Crippen LogP contribution in [0.4, 0.5) is 11.4 Å². The molecular formula is C19H31N3O3S. The second-order valence-corrected chi connectivity index (χ2v) is 8.30. The Labute approximate surface area is 159 Å². The first kappa shape index (κ1) is 20.9. The molecule has 0 spiro atoms. The third-order valence-electron chi connectivity index (χ3n) is 4.29. The number of amides is 1. The number of carbonyl (C=O) groups excluding carboxylic acids is 1. The average molecular weight is 382 g/mol. The molecule has 26 heavy (non-hydrogen) atoms. The van der Waals surface area contributed by atoms with Gasteiger partial charge in [0.05, 0.1) is 23.2 Å². The maximum Gasteiger partial charge on any atom is 0.224 e. The van der Waals surface area contributed by atoms with Crippen molar-refractivity contribution in [3.63, 3.8) is 0 Å². The van der Waals surface area contributed by atoms with Gasteiger partial charge in [0.15, 0.2) is 0 Å². The lowest BCUT2D eigenvalue weighted by atomic mass is 10.2. The molecular weight excluding hydrogens is 350 g/mol. The molecule has 1 heterocycles. The Morgan fingerprint density at radius 1 is 1.19 bits per heavy atom. The fourth-order valence-electron chi connectivity index (χ4n) is 3.07. The average Bonchev–Trinajstić information content (AvgIpc) is 2.61. The number of unbranched alkanes of at least 4 members (excludes halogenated alkanes) is 1. The summed E-state index contributed by atoms with van der Waals surface area (Å²) in [5, 5.41) is 2.94. The summed E-state index contributed by atoms with van der Waals surface area (Å²) in [7, 11) is -0.944. The summed E-state index contributed by atoms with van der Waals surface area (Å²) in [6, 6.07) is 7.99. The van der Waals surface area contributed by atoms with Crippen LogP contribution in [0.25, 0.3) is 0 Å². The van der Waals surface area contributed by atoms with E-state index in [2.05, 4.69) is 28.8 Å². The predicted molar refractivity (Wildman–Crippen MR) is 108 cm³/mol. The molecule has 0 bridgehead atoms. The Kier molecular flexibility index (Phi) is 8.54. The van der Waals surface area contributed by atoms with Gasteiger partial charge < -0.3 is 15.0 Å². The van der Waals surface area contributed by atoms with Gasteiger partial charge in [-0.25, -0.2) is 8.93 Å². The Balaban J connectivity index is 1.72. The molecule has 0 radical (unpaired) electrons. The van der Waals surface area contributed by atoms with Gasteiger partial charge in [-0.2, -0.15) is 0 Å². The van der Waals surface area contributed by atoms with Crippen LogP contribution in [-0.2, 0) is 20.5 Å². The van der Waals surface area contributed by atoms with E-state index < -0.39 is 11.0 Å². The van der Waals surface area contributed by atoms with Gasteiger partial charge >= 0.3 is 0 Å². The number of morpholine rings is 1. The summed E-state index contributed by atoms with van der Waals surface area (Å²) in [6.07, 6.45) is 2.54. The highest BCUT2D eigenvalue weighted by atomic mass is 32.2. The highest BCUT2D eigenvalue weighted by Crippen LogP contribution is 2.22. The van der Waals surface area contributed by atoms with Gasteiger partial charge in [0.2, 0.25) is 5.91 Å². The van der Waals surface area contributed by atoms with E-state index in [0.29, 0.717) is 18.7 Å². The zero-order valence-electron chi connectivity index (χ0n) is 16.0. The van der Waals surface area contributed by atoms with E-state index in [0.717, 1.165) is 37.3 Å². The van der Waals surface area contributed by atoms with E-state index in [9.17, 15) is 9.00 Å². The molecule has 0 aliphatic carbocycles. The number of ether oxygens (including phenoxy) is 1. The van der Waals surface area contributed by atoms with Gasteiger partial charge in [0.25, 0.3) is 0 Å². The third kappa shape index (κ3) is 7.05. The van der Waals surface area contributed by atoms with Crippen molar-refractivity contribution in [3.05, 3.63) is 24.3 Å². The van der Waals surface area contributed by atoms with Crippen LogP contribution in [0.3, 0.4) is 0 Å². The second-order valence-electron chi connectivity index (χ2n) is 6.74. The number of hydrogen-bond acceptors (Lipinski definition) is 4. The molecule has 7 heteroatoms. The van der Waals surface area contributed by atoms with Crippen LogP contribution >= 0.6 is 0 Å². The van der Waals surface area contributed by atoms with E-state index in [1.54, 1.807) is 0 Å². The van der Waals surface area contributed by atoms with Crippen LogP contribution < -0.4 is 14.9 Å². The van der Waals surface area contributed by atoms with E-state index in [1.165, 1.54) is 0 Å². The molecule has 3 atom stereocenters. The second kappa shape index (κ2) is 10.6. The van der Waals surface area contributed by atoms with Crippen molar-refractivity contribution in [3.8, 4) is 0 Å². The van der Waals surface area contributed by atoms with Crippen LogP contribution in [0.2, 0.25) is 0 Å². The van der Waals surface area contributed by atoms with Crippen molar-refractivity contribution in [2.45, 2.75) is 52.2 Å². The van der Waals surface area contributed by atoms with Crippen LogP contribution in [0.15, 0.2) is 24.3 Å². The van der Waals surface area contributed by atoms with E-state index in [4.69, 9.17) is 4.74 Å². The van der Waals surface area contributed by atoms with Gasteiger partial charge in [-0.05, 0) is 51.0 Å². The first-order valence-corrected chi connectivity index (χ1v) is 10.7. The van der Waals surface area contributed by atoms with E-state index in [-0.39, 0.29) is 18.1 Å². The van der Waals surface area contributed by atoms with E-state index in [1.807, 2.05) is 31.2 Å². The molecule has 1 aliphatic rings. The van der Waals surface area contributed by atoms with Crippen LogP contribution in [0, 0.1) is 0 Å². The quantitative estimate of drug-likeness (QED) is 0.645. The number of rotatable bonds is 9. The number of hydrogen-bond donors (Lipinski definition) is 2. The van der Waals surface area contributed by atoms with Gasteiger partial charge in [-0.1, -0.05) is 6.92 Å². The molecule has 1 fully saturated rings.